The van der Waals surface area contributed by atoms with Crippen LogP contribution in [0.2, 0.25) is 0 Å². The Bertz CT molecular complexity index is 566. The summed E-state index contributed by atoms with van der Waals surface area (Å²) in [5, 5.41) is 0. The molecule has 5 heteroatoms. The van der Waals surface area contributed by atoms with Crippen LogP contribution in [0.5, 0.6) is 0 Å². The Morgan fingerprint density at radius 1 is 1.32 bits per heavy atom. The highest BCUT2D eigenvalue weighted by atomic mass is 16.2. The van der Waals surface area contributed by atoms with Crippen molar-refractivity contribution in [3.63, 3.8) is 0 Å². The predicted octanol–water partition coefficient (Wildman–Crippen LogP) is 1.00. The number of carbonyl (C=O) groups excluding carboxylic acids is 3. The maximum Gasteiger partial charge on any atom is 0.299 e. The summed E-state index contributed by atoms with van der Waals surface area (Å²) in [6.07, 6.45) is 0. The molecule has 0 bridgehead atoms. The Labute approximate surface area is 111 Å². The molecule has 0 atom stereocenters. The maximum absolute atomic E-state index is 12.0. The zero-order valence-corrected chi connectivity index (χ0v) is 11.3. The van der Waals surface area contributed by atoms with E-state index in [1.807, 2.05) is 19.9 Å². The van der Waals surface area contributed by atoms with E-state index < -0.39 is 11.7 Å². The van der Waals surface area contributed by atoms with Gasteiger partial charge < -0.3 is 4.90 Å². The lowest BCUT2D eigenvalue weighted by molar-refractivity contribution is -0.129. The van der Waals surface area contributed by atoms with Crippen LogP contribution < -0.4 is 4.90 Å². The second-order valence-corrected chi connectivity index (χ2v) is 4.60. The van der Waals surface area contributed by atoms with Gasteiger partial charge in [-0.15, -0.1) is 0 Å². The van der Waals surface area contributed by atoms with Crippen LogP contribution in [0.1, 0.15) is 22.8 Å². The number of ketones is 1. The second-order valence-electron chi connectivity index (χ2n) is 4.60. The number of likely N-dealkylation sites (N-methyl/N-ethyl adjacent to an activating group) is 1. The fourth-order valence-electron chi connectivity index (χ4n) is 2.12. The summed E-state index contributed by atoms with van der Waals surface area (Å²) in [6, 6.07) is 5.19. The van der Waals surface area contributed by atoms with Gasteiger partial charge >= 0.3 is 0 Å². The van der Waals surface area contributed by atoms with E-state index in [2.05, 4.69) is 0 Å². The Hall–Kier alpha value is -2.17. The van der Waals surface area contributed by atoms with Crippen molar-refractivity contribution in [1.29, 1.82) is 0 Å². The average molecular weight is 260 g/mol. The molecule has 1 aromatic carbocycles. The Morgan fingerprint density at radius 3 is 2.63 bits per heavy atom. The molecule has 2 amide bonds. The number of amides is 2. The van der Waals surface area contributed by atoms with Crippen molar-refractivity contribution < 1.29 is 14.4 Å². The van der Waals surface area contributed by atoms with Crippen LogP contribution >= 0.6 is 0 Å². The molecule has 100 valence electrons. The number of rotatable bonds is 3. The van der Waals surface area contributed by atoms with E-state index in [1.165, 1.54) is 9.80 Å². The lowest BCUT2D eigenvalue weighted by Gasteiger charge is -2.21. The summed E-state index contributed by atoms with van der Waals surface area (Å²) in [7, 11) is 1.67. The van der Waals surface area contributed by atoms with Crippen LogP contribution in [0.15, 0.2) is 18.2 Å². The largest absolute Gasteiger partial charge is 0.344 e. The number of hydrogen-bond donors (Lipinski definition) is 0. The molecule has 0 radical (unpaired) electrons. The monoisotopic (exact) mass is 260 g/mol. The third-order valence-corrected chi connectivity index (χ3v) is 3.39. The molecule has 2 rings (SSSR count). The number of para-hydroxylation sites is 1. The molecule has 0 aliphatic carbocycles. The number of aryl methyl sites for hydroxylation is 1. The first kappa shape index (κ1) is 13.3. The minimum Gasteiger partial charge on any atom is -0.344 e. The van der Waals surface area contributed by atoms with Crippen molar-refractivity contribution in [2.75, 3.05) is 25.0 Å². The molecule has 0 N–H and O–H groups in total. The molecular formula is C14H16N2O3. The van der Waals surface area contributed by atoms with Crippen molar-refractivity contribution in [3.8, 4) is 0 Å². The third-order valence-electron chi connectivity index (χ3n) is 3.39. The SMILES string of the molecule is CCN(C)C(=O)CN1C(=O)C(=O)c2cccc(C)c21. The summed E-state index contributed by atoms with van der Waals surface area (Å²) in [6.45, 7) is 4.15. The van der Waals surface area contributed by atoms with E-state index in [0.29, 0.717) is 17.8 Å². The predicted molar refractivity (Wildman–Crippen MR) is 71.2 cm³/mol. The summed E-state index contributed by atoms with van der Waals surface area (Å²) >= 11 is 0. The van der Waals surface area contributed by atoms with Gasteiger partial charge in [-0.3, -0.25) is 19.3 Å². The molecule has 1 heterocycles. The van der Waals surface area contributed by atoms with Gasteiger partial charge in [0.2, 0.25) is 5.91 Å². The second kappa shape index (κ2) is 4.84. The van der Waals surface area contributed by atoms with Crippen molar-refractivity contribution in [2.45, 2.75) is 13.8 Å². The molecule has 0 fully saturated rings. The molecule has 5 nitrogen and oxygen atoms in total. The molecule has 19 heavy (non-hydrogen) atoms. The van der Waals surface area contributed by atoms with E-state index in [9.17, 15) is 14.4 Å². The number of anilines is 1. The van der Waals surface area contributed by atoms with Crippen molar-refractivity contribution in [1.82, 2.24) is 4.90 Å². The Balaban J connectivity index is 2.36. The van der Waals surface area contributed by atoms with Crippen molar-refractivity contribution >= 4 is 23.3 Å². The first-order chi connectivity index (χ1) is 8.97. The Kier molecular flexibility index (Phi) is 3.38. The fourth-order valence-corrected chi connectivity index (χ4v) is 2.12. The lowest BCUT2D eigenvalue weighted by atomic mass is 10.1. The van der Waals surface area contributed by atoms with Gasteiger partial charge in [-0.25, -0.2) is 0 Å². The molecule has 1 aromatic rings. The normalized spacial score (nSPS) is 13.7. The van der Waals surface area contributed by atoms with Crippen LogP contribution in [-0.2, 0) is 9.59 Å². The number of nitrogens with zero attached hydrogens (tertiary/aromatic N) is 2. The van der Waals surface area contributed by atoms with E-state index in [4.69, 9.17) is 0 Å². The van der Waals surface area contributed by atoms with E-state index in [-0.39, 0.29) is 12.5 Å². The molecule has 0 spiro atoms. The highest BCUT2D eigenvalue weighted by Gasteiger charge is 2.37. The molecule has 0 unspecified atom stereocenters. The van der Waals surface area contributed by atoms with Crippen molar-refractivity contribution in [2.24, 2.45) is 0 Å². The molecule has 1 aliphatic rings. The fraction of sp³-hybridized carbons (Fsp3) is 0.357. The maximum atomic E-state index is 12.0. The van der Waals surface area contributed by atoms with Crippen LogP contribution in [-0.4, -0.2) is 42.6 Å². The number of benzene rings is 1. The zero-order valence-electron chi connectivity index (χ0n) is 11.3. The topological polar surface area (TPSA) is 57.7 Å². The number of Topliss-reactive ketones (excluding diaryl/α,β-unsaturated/α-hetero) is 1. The number of carbonyl (C=O) groups is 3. The van der Waals surface area contributed by atoms with Crippen molar-refractivity contribution in [3.05, 3.63) is 29.3 Å². The van der Waals surface area contributed by atoms with Gasteiger partial charge in [0.1, 0.15) is 6.54 Å². The molecule has 0 saturated heterocycles. The van der Waals surface area contributed by atoms with Gasteiger partial charge in [0.05, 0.1) is 11.3 Å². The van der Waals surface area contributed by atoms with Gasteiger partial charge in [-0.05, 0) is 25.5 Å². The summed E-state index contributed by atoms with van der Waals surface area (Å²) in [5.74, 6) is -1.34. The van der Waals surface area contributed by atoms with Gasteiger partial charge in [0, 0.05) is 13.6 Å². The van der Waals surface area contributed by atoms with E-state index >= 15 is 0 Å². The van der Waals surface area contributed by atoms with Crippen LogP contribution in [0, 0.1) is 6.92 Å². The lowest BCUT2D eigenvalue weighted by Crippen LogP contribution is -2.41. The smallest absolute Gasteiger partial charge is 0.299 e. The van der Waals surface area contributed by atoms with E-state index in [1.54, 1.807) is 19.2 Å². The van der Waals surface area contributed by atoms with Gasteiger partial charge in [0.25, 0.3) is 11.7 Å². The summed E-state index contributed by atoms with van der Waals surface area (Å²) in [4.78, 5) is 38.6. The standard InChI is InChI=1S/C14H16N2O3/c1-4-15(3)11(17)8-16-12-9(2)6-5-7-10(12)13(18)14(16)19/h5-7H,4,8H2,1-3H3. The van der Waals surface area contributed by atoms with Crippen LogP contribution in [0.25, 0.3) is 0 Å². The molecular weight excluding hydrogens is 244 g/mol. The van der Waals surface area contributed by atoms with Gasteiger partial charge in [-0.1, -0.05) is 12.1 Å². The highest BCUT2D eigenvalue weighted by Crippen LogP contribution is 2.31. The molecule has 0 aromatic heterocycles. The van der Waals surface area contributed by atoms with Crippen LogP contribution in [0.3, 0.4) is 0 Å². The average Bonchev–Trinajstić information content (AvgIpc) is 2.64. The molecule has 1 aliphatic heterocycles. The van der Waals surface area contributed by atoms with E-state index in [0.717, 1.165) is 5.56 Å². The number of fused-ring (bicyclic) bond motifs is 1. The number of hydrogen-bond acceptors (Lipinski definition) is 3. The summed E-state index contributed by atoms with van der Waals surface area (Å²) in [5.41, 5.74) is 1.77. The van der Waals surface area contributed by atoms with Gasteiger partial charge in [0.15, 0.2) is 0 Å². The first-order valence-electron chi connectivity index (χ1n) is 6.17. The van der Waals surface area contributed by atoms with Gasteiger partial charge in [-0.2, -0.15) is 0 Å². The zero-order chi connectivity index (χ0) is 14.2. The third kappa shape index (κ3) is 2.12. The molecule has 0 saturated carbocycles. The first-order valence-corrected chi connectivity index (χ1v) is 6.17. The Morgan fingerprint density at radius 2 is 2.00 bits per heavy atom. The summed E-state index contributed by atoms with van der Waals surface area (Å²) < 4.78 is 0. The minimum absolute atomic E-state index is 0.0905. The van der Waals surface area contributed by atoms with Crippen LogP contribution in [0.4, 0.5) is 5.69 Å². The highest BCUT2D eigenvalue weighted by molar-refractivity contribution is 6.52. The quantitative estimate of drug-likeness (QED) is 0.762. The minimum atomic E-state index is -0.623.